The molecule has 33 heavy (non-hydrogen) atoms. The van der Waals surface area contributed by atoms with Gasteiger partial charge in [0.05, 0.1) is 17.9 Å². The minimum atomic E-state index is -0.197. The van der Waals surface area contributed by atoms with Crippen molar-refractivity contribution >= 4 is 17.6 Å². The lowest BCUT2D eigenvalue weighted by molar-refractivity contribution is -0.135. The third-order valence-electron chi connectivity index (χ3n) is 5.65. The summed E-state index contributed by atoms with van der Waals surface area (Å²) in [6.45, 7) is 15.4. The topological polar surface area (TPSA) is 67.2 Å². The highest BCUT2D eigenvalue weighted by molar-refractivity contribution is 5.94. The van der Waals surface area contributed by atoms with E-state index >= 15 is 0 Å². The van der Waals surface area contributed by atoms with E-state index in [0.29, 0.717) is 24.7 Å². The number of hydrogen-bond acceptors (Lipinski definition) is 3. The van der Waals surface area contributed by atoms with E-state index < -0.39 is 0 Å². The lowest BCUT2D eigenvalue weighted by Crippen LogP contribution is -2.39. The molecule has 1 N–H and O–H groups in total. The van der Waals surface area contributed by atoms with E-state index in [2.05, 4.69) is 46.9 Å². The molecule has 0 fully saturated rings. The number of rotatable bonds is 11. The maximum Gasteiger partial charge on any atom is 0.245 e. The predicted molar refractivity (Wildman–Crippen MR) is 136 cm³/mol. The van der Waals surface area contributed by atoms with Gasteiger partial charge in [-0.2, -0.15) is 5.10 Å². The van der Waals surface area contributed by atoms with Crippen molar-refractivity contribution in [3.05, 3.63) is 41.6 Å². The Labute approximate surface area is 199 Å². The van der Waals surface area contributed by atoms with E-state index in [9.17, 15) is 9.59 Å². The summed E-state index contributed by atoms with van der Waals surface area (Å²) >= 11 is 0. The number of nitrogens with one attached hydrogen (secondary N) is 1. The zero-order chi connectivity index (χ0) is 24.6. The van der Waals surface area contributed by atoms with Gasteiger partial charge in [0.2, 0.25) is 11.8 Å². The van der Waals surface area contributed by atoms with Crippen LogP contribution in [0.5, 0.6) is 0 Å². The third-order valence-corrected chi connectivity index (χ3v) is 5.65. The maximum absolute atomic E-state index is 13.1. The highest BCUT2D eigenvalue weighted by Crippen LogP contribution is 2.26. The van der Waals surface area contributed by atoms with Crippen molar-refractivity contribution in [2.45, 2.75) is 86.0 Å². The quantitative estimate of drug-likeness (QED) is 0.432. The molecule has 0 aliphatic heterocycles. The van der Waals surface area contributed by atoms with Gasteiger partial charge in [-0.25, -0.2) is 4.68 Å². The number of benzene rings is 1. The zero-order valence-corrected chi connectivity index (χ0v) is 21.6. The number of aromatic nitrogens is 2. The summed E-state index contributed by atoms with van der Waals surface area (Å²) in [7, 11) is 0. The first-order valence-electron chi connectivity index (χ1n) is 12.3. The summed E-state index contributed by atoms with van der Waals surface area (Å²) in [5.74, 6) is 0.951. The van der Waals surface area contributed by atoms with Crippen LogP contribution in [0.2, 0.25) is 0 Å². The number of amides is 2. The van der Waals surface area contributed by atoms with E-state index in [1.165, 1.54) is 0 Å². The smallest absolute Gasteiger partial charge is 0.245 e. The first-order valence-corrected chi connectivity index (χ1v) is 12.3. The van der Waals surface area contributed by atoms with Gasteiger partial charge in [0, 0.05) is 24.4 Å². The molecule has 0 saturated carbocycles. The fourth-order valence-electron chi connectivity index (χ4n) is 3.54. The van der Waals surface area contributed by atoms with Crippen LogP contribution in [0.3, 0.4) is 0 Å². The van der Waals surface area contributed by atoms with Crippen molar-refractivity contribution in [2.75, 3.05) is 18.4 Å². The summed E-state index contributed by atoms with van der Waals surface area (Å²) in [5, 5.41) is 7.82. The lowest BCUT2D eigenvalue weighted by atomic mass is 9.92. The van der Waals surface area contributed by atoms with E-state index in [1.54, 1.807) is 9.58 Å². The molecule has 0 saturated heterocycles. The number of hydrogen-bond donors (Lipinski definition) is 1. The second-order valence-corrected chi connectivity index (χ2v) is 10.4. The number of carbonyl (C=O) groups is 2. The van der Waals surface area contributed by atoms with Crippen LogP contribution < -0.4 is 5.32 Å². The van der Waals surface area contributed by atoms with Gasteiger partial charge in [0.25, 0.3) is 0 Å². The van der Waals surface area contributed by atoms with E-state index in [4.69, 9.17) is 5.10 Å². The lowest BCUT2D eigenvalue weighted by Gasteiger charge is -2.23. The van der Waals surface area contributed by atoms with Gasteiger partial charge in [-0.05, 0) is 43.4 Å². The summed E-state index contributed by atoms with van der Waals surface area (Å²) in [4.78, 5) is 27.6. The SMILES string of the molecule is CCCCCC(=O)N(CCC(C)C)CC(=O)Nc1cc(C(C)(C)C)nn1-c1cccc(C)c1. The fraction of sp³-hybridized carbons (Fsp3) is 0.593. The molecule has 0 spiro atoms. The summed E-state index contributed by atoms with van der Waals surface area (Å²) in [5.41, 5.74) is 2.75. The van der Waals surface area contributed by atoms with Crippen LogP contribution in [0.25, 0.3) is 5.69 Å². The van der Waals surface area contributed by atoms with Crippen LogP contribution in [0.1, 0.15) is 84.9 Å². The fourth-order valence-corrected chi connectivity index (χ4v) is 3.54. The maximum atomic E-state index is 13.1. The number of carbonyl (C=O) groups excluding carboxylic acids is 2. The Morgan fingerprint density at radius 3 is 2.48 bits per heavy atom. The molecule has 0 aliphatic rings. The predicted octanol–water partition coefficient (Wildman–Crippen LogP) is 5.87. The van der Waals surface area contributed by atoms with Crippen molar-refractivity contribution < 1.29 is 9.59 Å². The van der Waals surface area contributed by atoms with Crippen molar-refractivity contribution in [1.29, 1.82) is 0 Å². The second-order valence-electron chi connectivity index (χ2n) is 10.4. The van der Waals surface area contributed by atoms with Crippen molar-refractivity contribution in [3.8, 4) is 5.69 Å². The molecule has 1 aromatic carbocycles. The molecule has 0 bridgehead atoms. The molecule has 6 nitrogen and oxygen atoms in total. The summed E-state index contributed by atoms with van der Waals surface area (Å²) in [6, 6.07) is 9.97. The van der Waals surface area contributed by atoms with Crippen molar-refractivity contribution in [3.63, 3.8) is 0 Å². The van der Waals surface area contributed by atoms with Crippen molar-refractivity contribution in [2.24, 2.45) is 5.92 Å². The molecule has 0 atom stereocenters. The first-order chi connectivity index (χ1) is 15.5. The minimum Gasteiger partial charge on any atom is -0.333 e. The molecular formula is C27H42N4O2. The van der Waals surface area contributed by atoms with Crippen LogP contribution in [-0.4, -0.2) is 39.6 Å². The standard InChI is InChI=1S/C27H42N4O2/c1-8-9-10-14-26(33)30(16-15-20(2)3)19-25(32)28-24-18-23(27(5,6)7)29-31(24)22-13-11-12-21(4)17-22/h11-13,17-18,20H,8-10,14-16,19H2,1-7H3,(H,28,32). The average Bonchev–Trinajstić information content (AvgIpc) is 3.15. The van der Waals surface area contributed by atoms with E-state index in [0.717, 1.165) is 42.6 Å². The normalized spacial score (nSPS) is 11.6. The Morgan fingerprint density at radius 2 is 1.88 bits per heavy atom. The summed E-state index contributed by atoms with van der Waals surface area (Å²) < 4.78 is 1.78. The average molecular weight is 455 g/mol. The Balaban J connectivity index is 2.23. The Hall–Kier alpha value is -2.63. The molecule has 1 heterocycles. The minimum absolute atomic E-state index is 0.0571. The molecule has 2 amide bonds. The zero-order valence-electron chi connectivity index (χ0n) is 21.6. The van der Waals surface area contributed by atoms with Gasteiger partial charge in [0.1, 0.15) is 5.82 Å². The molecule has 182 valence electrons. The first kappa shape index (κ1) is 26.6. The number of aryl methyl sites for hydroxylation is 1. The molecule has 1 aromatic heterocycles. The van der Waals surface area contributed by atoms with Crippen LogP contribution in [-0.2, 0) is 15.0 Å². The number of unbranched alkanes of at least 4 members (excludes halogenated alkanes) is 2. The molecular weight excluding hydrogens is 412 g/mol. The van der Waals surface area contributed by atoms with Gasteiger partial charge in [-0.3, -0.25) is 9.59 Å². The van der Waals surface area contributed by atoms with Crippen molar-refractivity contribution in [1.82, 2.24) is 14.7 Å². The van der Waals surface area contributed by atoms with Gasteiger partial charge < -0.3 is 10.2 Å². The second kappa shape index (κ2) is 12.0. The summed E-state index contributed by atoms with van der Waals surface area (Å²) in [6.07, 6.45) is 4.33. The Bertz CT molecular complexity index is 924. The molecule has 0 aliphatic carbocycles. The third kappa shape index (κ3) is 8.34. The van der Waals surface area contributed by atoms with E-state index in [1.807, 2.05) is 37.3 Å². The molecule has 0 radical (unpaired) electrons. The largest absolute Gasteiger partial charge is 0.333 e. The molecule has 0 unspecified atom stereocenters. The van der Waals surface area contributed by atoms with E-state index in [-0.39, 0.29) is 23.8 Å². The van der Waals surface area contributed by atoms with Crippen LogP contribution in [0.4, 0.5) is 5.82 Å². The number of nitrogens with zero attached hydrogens (tertiary/aromatic N) is 3. The Kier molecular flexibility index (Phi) is 9.69. The van der Waals surface area contributed by atoms with Crippen LogP contribution in [0.15, 0.2) is 30.3 Å². The molecule has 2 aromatic rings. The van der Waals surface area contributed by atoms with Gasteiger partial charge >= 0.3 is 0 Å². The monoisotopic (exact) mass is 454 g/mol. The van der Waals surface area contributed by atoms with Crippen LogP contribution >= 0.6 is 0 Å². The molecule has 2 rings (SSSR count). The Morgan fingerprint density at radius 1 is 1.15 bits per heavy atom. The van der Waals surface area contributed by atoms with Gasteiger partial charge in [-0.15, -0.1) is 0 Å². The van der Waals surface area contributed by atoms with Gasteiger partial charge in [-0.1, -0.05) is 66.5 Å². The highest BCUT2D eigenvalue weighted by atomic mass is 16.2. The van der Waals surface area contributed by atoms with Gasteiger partial charge in [0.15, 0.2) is 0 Å². The van der Waals surface area contributed by atoms with Crippen LogP contribution in [0, 0.1) is 12.8 Å². The number of anilines is 1. The highest BCUT2D eigenvalue weighted by Gasteiger charge is 2.23. The molecule has 6 heteroatoms.